The number of rotatable bonds is 4. The average molecular weight is 298 g/mol. The molecule has 1 heterocycles. The van der Waals surface area contributed by atoms with E-state index in [1.165, 1.54) is 19.3 Å². The van der Waals surface area contributed by atoms with E-state index in [2.05, 4.69) is 17.4 Å². The summed E-state index contributed by atoms with van der Waals surface area (Å²) in [6.07, 6.45) is 5.76. The average Bonchev–Trinajstić information content (AvgIpc) is 3.06. The molecule has 1 aliphatic carbocycles. The number of nitrogens with zero attached hydrogens (tertiary/aromatic N) is 1. The Morgan fingerprint density at radius 3 is 2.64 bits per heavy atom. The van der Waals surface area contributed by atoms with Crippen molar-refractivity contribution in [2.75, 3.05) is 0 Å². The van der Waals surface area contributed by atoms with Crippen LogP contribution < -0.4 is 5.32 Å². The summed E-state index contributed by atoms with van der Waals surface area (Å²) >= 11 is 0. The van der Waals surface area contributed by atoms with Gasteiger partial charge < -0.3 is 9.84 Å². The minimum Gasteiger partial charge on any atom is -0.350 e. The number of amides is 1. The fourth-order valence-corrected chi connectivity index (χ4v) is 3.10. The van der Waals surface area contributed by atoms with Gasteiger partial charge in [0.1, 0.15) is 5.69 Å². The Hall–Kier alpha value is -2.10. The highest BCUT2D eigenvalue weighted by Crippen LogP contribution is 2.26. The molecule has 0 unspecified atom stereocenters. The van der Waals surface area contributed by atoms with Gasteiger partial charge in [-0.3, -0.25) is 4.79 Å². The summed E-state index contributed by atoms with van der Waals surface area (Å²) < 4.78 is 5.20. The number of aromatic nitrogens is 1. The van der Waals surface area contributed by atoms with Crippen molar-refractivity contribution in [1.29, 1.82) is 0 Å². The van der Waals surface area contributed by atoms with Gasteiger partial charge in [0.25, 0.3) is 5.91 Å². The molecule has 1 fully saturated rings. The largest absolute Gasteiger partial charge is 0.350 e. The first-order valence-electron chi connectivity index (χ1n) is 8.09. The number of nitrogens with one attached hydrogen (secondary N) is 1. The van der Waals surface area contributed by atoms with Crippen molar-refractivity contribution in [3.05, 3.63) is 42.2 Å². The zero-order valence-electron chi connectivity index (χ0n) is 12.9. The number of carbonyl (C=O) groups excluding carboxylic acids is 1. The molecule has 4 heteroatoms. The van der Waals surface area contributed by atoms with E-state index in [4.69, 9.17) is 4.52 Å². The van der Waals surface area contributed by atoms with Crippen LogP contribution in [-0.4, -0.2) is 17.1 Å². The minimum absolute atomic E-state index is 0.158. The maximum absolute atomic E-state index is 12.3. The molecule has 4 nitrogen and oxygen atoms in total. The molecular weight excluding hydrogens is 276 g/mol. The highest BCUT2D eigenvalue weighted by Gasteiger charge is 2.23. The summed E-state index contributed by atoms with van der Waals surface area (Å²) in [7, 11) is 0. The fraction of sp³-hybridized carbons (Fsp3) is 0.444. The number of carbonyl (C=O) groups is 1. The molecule has 1 amide bonds. The third kappa shape index (κ3) is 3.38. The Labute approximate surface area is 130 Å². The summed E-state index contributed by atoms with van der Waals surface area (Å²) in [5.41, 5.74) is 1.65. The first-order chi connectivity index (χ1) is 10.8. The standard InChI is InChI=1S/C18H22N2O2/c1-2-13-8-10-15(11-9-13)19-18(21)17-12-16(20-22-17)14-6-4-3-5-7-14/h3-7,12-13,15H,2,8-11H2,1H3,(H,19,21). The van der Waals surface area contributed by atoms with Crippen LogP contribution in [0.3, 0.4) is 0 Å². The summed E-state index contributed by atoms with van der Waals surface area (Å²) in [5, 5.41) is 7.06. The van der Waals surface area contributed by atoms with E-state index in [9.17, 15) is 4.79 Å². The van der Waals surface area contributed by atoms with Gasteiger partial charge in [0.2, 0.25) is 5.76 Å². The second-order valence-corrected chi connectivity index (χ2v) is 6.04. The molecule has 1 N–H and O–H groups in total. The molecule has 0 saturated heterocycles. The van der Waals surface area contributed by atoms with Crippen molar-refractivity contribution in [3.8, 4) is 11.3 Å². The molecule has 116 valence electrons. The summed E-state index contributed by atoms with van der Waals surface area (Å²) in [6.45, 7) is 2.24. The summed E-state index contributed by atoms with van der Waals surface area (Å²) in [4.78, 5) is 12.3. The van der Waals surface area contributed by atoms with Gasteiger partial charge in [-0.15, -0.1) is 0 Å². The number of benzene rings is 1. The molecule has 0 aliphatic heterocycles. The highest BCUT2D eigenvalue weighted by molar-refractivity contribution is 5.92. The predicted molar refractivity (Wildman–Crippen MR) is 85.4 cm³/mol. The molecule has 3 rings (SSSR count). The lowest BCUT2D eigenvalue weighted by Gasteiger charge is -2.28. The van der Waals surface area contributed by atoms with E-state index in [1.54, 1.807) is 6.07 Å². The van der Waals surface area contributed by atoms with Gasteiger partial charge in [-0.2, -0.15) is 0 Å². The third-order valence-corrected chi connectivity index (χ3v) is 4.56. The van der Waals surface area contributed by atoms with Crippen LogP contribution >= 0.6 is 0 Å². The molecule has 1 aliphatic rings. The van der Waals surface area contributed by atoms with Crippen molar-refractivity contribution in [3.63, 3.8) is 0 Å². The molecule has 1 aromatic heterocycles. The van der Waals surface area contributed by atoms with Gasteiger partial charge in [-0.05, 0) is 31.6 Å². The van der Waals surface area contributed by atoms with E-state index in [0.29, 0.717) is 5.69 Å². The van der Waals surface area contributed by atoms with Crippen LogP contribution in [0.15, 0.2) is 40.9 Å². The monoisotopic (exact) mass is 298 g/mol. The fourth-order valence-electron chi connectivity index (χ4n) is 3.10. The molecule has 2 aromatic rings. The van der Waals surface area contributed by atoms with Gasteiger partial charge in [0, 0.05) is 17.7 Å². The Balaban J connectivity index is 1.60. The van der Waals surface area contributed by atoms with Crippen molar-refractivity contribution in [2.45, 2.75) is 45.1 Å². The lowest BCUT2D eigenvalue weighted by atomic mass is 9.84. The molecule has 1 saturated carbocycles. The van der Waals surface area contributed by atoms with Crippen molar-refractivity contribution in [2.24, 2.45) is 5.92 Å². The highest BCUT2D eigenvalue weighted by atomic mass is 16.5. The predicted octanol–water partition coefficient (Wildman–Crippen LogP) is 4.04. The molecule has 0 atom stereocenters. The van der Waals surface area contributed by atoms with E-state index in [1.807, 2.05) is 30.3 Å². The van der Waals surface area contributed by atoms with Gasteiger partial charge in [0.05, 0.1) is 0 Å². The maximum atomic E-state index is 12.3. The first-order valence-corrected chi connectivity index (χ1v) is 8.09. The van der Waals surface area contributed by atoms with Gasteiger partial charge >= 0.3 is 0 Å². The lowest BCUT2D eigenvalue weighted by molar-refractivity contribution is 0.0884. The van der Waals surface area contributed by atoms with Crippen LogP contribution in [0.25, 0.3) is 11.3 Å². The van der Waals surface area contributed by atoms with Gasteiger partial charge in [-0.1, -0.05) is 48.8 Å². The molecular formula is C18H22N2O2. The Morgan fingerprint density at radius 1 is 1.23 bits per heavy atom. The Morgan fingerprint density at radius 2 is 1.95 bits per heavy atom. The Kier molecular flexibility index (Phi) is 4.56. The summed E-state index contributed by atoms with van der Waals surface area (Å²) in [5.74, 6) is 0.953. The van der Waals surface area contributed by atoms with Crippen LogP contribution in [0.1, 0.15) is 49.6 Å². The zero-order chi connectivity index (χ0) is 15.4. The maximum Gasteiger partial charge on any atom is 0.290 e. The number of hydrogen-bond donors (Lipinski definition) is 1. The molecule has 0 radical (unpaired) electrons. The molecule has 22 heavy (non-hydrogen) atoms. The summed E-state index contributed by atoms with van der Waals surface area (Å²) in [6, 6.07) is 11.7. The second-order valence-electron chi connectivity index (χ2n) is 6.04. The quantitative estimate of drug-likeness (QED) is 0.926. The second kappa shape index (κ2) is 6.77. The SMILES string of the molecule is CCC1CCC(NC(=O)c2cc(-c3ccccc3)no2)CC1. The van der Waals surface area contributed by atoms with Crippen molar-refractivity contribution < 1.29 is 9.32 Å². The van der Waals surface area contributed by atoms with Gasteiger partial charge in [0.15, 0.2) is 0 Å². The topological polar surface area (TPSA) is 55.1 Å². The third-order valence-electron chi connectivity index (χ3n) is 4.56. The minimum atomic E-state index is -0.158. The molecule has 0 spiro atoms. The normalized spacial score (nSPS) is 21.5. The lowest BCUT2D eigenvalue weighted by Crippen LogP contribution is -2.37. The van der Waals surface area contributed by atoms with E-state index >= 15 is 0 Å². The first kappa shape index (κ1) is 14.8. The van der Waals surface area contributed by atoms with Gasteiger partial charge in [-0.25, -0.2) is 0 Å². The van der Waals surface area contributed by atoms with E-state index in [0.717, 1.165) is 24.3 Å². The van der Waals surface area contributed by atoms with Crippen molar-refractivity contribution >= 4 is 5.91 Å². The van der Waals surface area contributed by atoms with Crippen LogP contribution in [0, 0.1) is 5.92 Å². The van der Waals surface area contributed by atoms with Crippen LogP contribution in [0.2, 0.25) is 0 Å². The zero-order valence-corrected chi connectivity index (χ0v) is 12.9. The molecule has 0 bridgehead atoms. The van der Waals surface area contributed by atoms with E-state index < -0.39 is 0 Å². The van der Waals surface area contributed by atoms with Crippen LogP contribution in [-0.2, 0) is 0 Å². The van der Waals surface area contributed by atoms with Crippen LogP contribution in [0.4, 0.5) is 0 Å². The van der Waals surface area contributed by atoms with E-state index in [-0.39, 0.29) is 17.7 Å². The smallest absolute Gasteiger partial charge is 0.290 e. The van der Waals surface area contributed by atoms with Crippen LogP contribution in [0.5, 0.6) is 0 Å². The molecule has 1 aromatic carbocycles. The number of hydrogen-bond acceptors (Lipinski definition) is 3. The van der Waals surface area contributed by atoms with Crippen molar-refractivity contribution in [1.82, 2.24) is 10.5 Å². The Bertz CT molecular complexity index is 613.